The zero-order valence-electron chi connectivity index (χ0n) is 10.9. The largest absolute Gasteiger partial charge is 0.478 e. The number of aromatic carboxylic acids is 1. The van der Waals surface area contributed by atoms with Gasteiger partial charge in [0.1, 0.15) is 0 Å². The number of anilines is 2. The van der Waals surface area contributed by atoms with Gasteiger partial charge in [-0.1, -0.05) is 13.8 Å². The molecule has 1 fully saturated rings. The van der Waals surface area contributed by atoms with E-state index >= 15 is 0 Å². The number of nitrogens with one attached hydrogen (secondary N) is 1. The zero-order valence-corrected chi connectivity index (χ0v) is 10.9. The molecule has 4 N–H and O–H groups in total. The van der Waals surface area contributed by atoms with Crippen molar-refractivity contribution in [2.45, 2.75) is 26.7 Å². The number of hydrogen-bond acceptors (Lipinski definition) is 3. The molecule has 18 heavy (non-hydrogen) atoms. The molecule has 0 spiro atoms. The molecule has 0 aliphatic heterocycles. The number of benzene rings is 1. The Balaban J connectivity index is 2.04. The molecular formula is C14H20N2O2. The van der Waals surface area contributed by atoms with Gasteiger partial charge in [-0.2, -0.15) is 0 Å². The maximum Gasteiger partial charge on any atom is 0.335 e. The molecule has 0 amide bonds. The van der Waals surface area contributed by atoms with E-state index in [-0.39, 0.29) is 5.56 Å². The average molecular weight is 248 g/mol. The summed E-state index contributed by atoms with van der Waals surface area (Å²) >= 11 is 0. The highest BCUT2D eigenvalue weighted by atomic mass is 16.4. The second-order valence-electron chi connectivity index (χ2n) is 5.48. The predicted molar refractivity (Wildman–Crippen MR) is 72.8 cm³/mol. The Hall–Kier alpha value is -1.71. The number of rotatable bonds is 5. The highest BCUT2D eigenvalue weighted by Crippen LogP contribution is 2.51. The van der Waals surface area contributed by atoms with Crippen LogP contribution >= 0.6 is 0 Å². The molecule has 0 bridgehead atoms. The second-order valence-corrected chi connectivity index (χ2v) is 5.48. The summed E-state index contributed by atoms with van der Waals surface area (Å²) < 4.78 is 0. The first-order chi connectivity index (χ1) is 8.44. The quantitative estimate of drug-likeness (QED) is 0.700. The minimum Gasteiger partial charge on any atom is -0.478 e. The van der Waals surface area contributed by atoms with Crippen LogP contribution in [-0.2, 0) is 0 Å². The maximum absolute atomic E-state index is 10.8. The van der Waals surface area contributed by atoms with Crippen molar-refractivity contribution in [3.05, 3.63) is 23.8 Å². The van der Waals surface area contributed by atoms with E-state index in [0.29, 0.717) is 17.0 Å². The minimum atomic E-state index is -0.950. The lowest BCUT2D eigenvalue weighted by Crippen LogP contribution is -2.21. The molecule has 0 atom stereocenters. The number of carbonyl (C=O) groups is 1. The number of nitrogen functional groups attached to an aromatic ring is 1. The van der Waals surface area contributed by atoms with E-state index in [2.05, 4.69) is 19.2 Å². The van der Waals surface area contributed by atoms with Crippen LogP contribution in [0.25, 0.3) is 0 Å². The van der Waals surface area contributed by atoms with E-state index < -0.39 is 5.97 Å². The molecule has 1 aliphatic rings. The molecule has 4 nitrogen and oxygen atoms in total. The third-order valence-corrected chi connectivity index (χ3v) is 4.05. The van der Waals surface area contributed by atoms with Crippen LogP contribution in [0.15, 0.2) is 18.2 Å². The van der Waals surface area contributed by atoms with Crippen molar-refractivity contribution < 1.29 is 9.90 Å². The molecule has 98 valence electrons. The van der Waals surface area contributed by atoms with E-state index in [0.717, 1.165) is 12.2 Å². The molecule has 1 aromatic rings. The maximum atomic E-state index is 10.8. The highest BCUT2D eigenvalue weighted by Gasteiger charge is 2.44. The zero-order chi connectivity index (χ0) is 13.3. The van der Waals surface area contributed by atoms with Crippen molar-refractivity contribution in [3.8, 4) is 0 Å². The molecule has 0 saturated heterocycles. The van der Waals surface area contributed by atoms with Gasteiger partial charge in [0.05, 0.1) is 16.9 Å². The third kappa shape index (κ3) is 2.42. The van der Waals surface area contributed by atoms with Gasteiger partial charge in [-0.25, -0.2) is 4.79 Å². The van der Waals surface area contributed by atoms with Crippen molar-refractivity contribution in [2.75, 3.05) is 17.6 Å². The predicted octanol–water partition coefficient (Wildman–Crippen LogP) is 2.82. The van der Waals surface area contributed by atoms with Crippen molar-refractivity contribution in [1.29, 1.82) is 0 Å². The van der Waals surface area contributed by atoms with Gasteiger partial charge >= 0.3 is 5.97 Å². The summed E-state index contributed by atoms with van der Waals surface area (Å²) in [6, 6.07) is 4.82. The van der Waals surface area contributed by atoms with Crippen LogP contribution in [-0.4, -0.2) is 17.6 Å². The normalized spacial score (nSPS) is 16.6. The summed E-state index contributed by atoms with van der Waals surface area (Å²) in [5.74, 6) is -0.293. The van der Waals surface area contributed by atoms with Gasteiger partial charge in [-0.15, -0.1) is 0 Å². The van der Waals surface area contributed by atoms with Crippen LogP contribution in [0.4, 0.5) is 11.4 Å². The van der Waals surface area contributed by atoms with Crippen molar-refractivity contribution >= 4 is 17.3 Å². The van der Waals surface area contributed by atoms with Crippen LogP contribution in [0.5, 0.6) is 0 Å². The molecule has 0 aromatic heterocycles. The lowest BCUT2D eigenvalue weighted by atomic mass is 9.92. The van der Waals surface area contributed by atoms with Crippen LogP contribution in [0.3, 0.4) is 0 Å². The topological polar surface area (TPSA) is 75.3 Å². The summed E-state index contributed by atoms with van der Waals surface area (Å²) in [6.07, 6.45) is 2.51. The fraction of sp³-hybridized carbons (Fsp3) is 0.500. The SMILES string of the molecule is CC(C)C1(CNc2ccc(C(=O)O)cc2N)CC1. The van der Waals surface area contributed by atoms with Gasteiger partial charge in [0.25, 0.3) is 0 Å². The van der Waals surface area contributed by atoms with Crippen molar-refractivity contribution in [2.24, 2.45) is 11.3 Å². The fourth-order valence-electron chi connectivity index (χ4n) is 2.25. The minimum absolute atomic E-state index is 0.225. The van der Waals surface area contributed by atoms with Gasteiger partial charge in [-0.3, -0.25) is 0 Å². The van der Waals surface area contributed by atoms with Gasteiger partial charge in [-0.05, 0) is 42.4 Å². The first-order valence-electron chi connectivity index (χ1n) is 6.31. The average Bonchev–Trinajstić information content (AvgIpc) is 3.08. The van der Waals surface area contributed by atoms with E-state index in [4.69, 9.17) is 10.8 Å². The number of carboxylic acids is 1. The second kappa shape index (κ2) is 4.52. The van der Waals surface area contributed by atoms with Crippen LogP contribution < -0.4 is 11.1 Å². The molecule has 1 aromatic carbocycles. The summed E-state index contributed by atoms with van der Waals surface area (Å²) in [5, 5.41) is 12.2. The lowest BCUT2D eigenvalue weighted by molar-refractivity contribution is 0.0697. The van der Waals surface area contributed by atoms with E-state index in [1.54, 1.807) is 12.1 Å². The highest BCUT2D eigenvalue weighted by molar-refractivity contribution is 5.90. The first kappa shape index (κ1) is 12.7. The summed E-state index contributed by atoms with van der Waals surface area (Å²) in [6.45, 7) is 5.39. The van der Waals surface area contributed by atoms with Gasteiger partial charge in [0.2, 0.25) is 0 Å². The van der Waals surface area contributed by atoms with Gasteiger partial charge < -0.3 is 16.2 Å². The Morgan fingerprint density at radius 2 is 2.17 bits per heavy atom. The number of hydrogen-bond donors (Lipinski definition) is 3. The summed E-state index contributed by atoms with van der Waals surface area (Å²) in [7, 11) is 0. The van der Waals surface area contributed by atoms with Crippen LogP contribution in [0.2, 0.25) is 0 Å². The van der Waals surface area contributed by atoms with Crippen LogP contribution in [0.1, 0.15) is 37.0 Å². The van der Waals surface area contributed by atoms with Crippen LogP contribution in [0, 0.1) is 11.3 Å². The fourth-order valence-corrected chi connectivity index (χ4v) is 2.25. The van der Waals surface area contributed by atoms with Gasteiger partial charge in [0.15, 0.2) is 0 Å². The first-order valence-corrected chi connectivity index (χ1v) is 6.31. The molecule has 1 aliphatic carbocycles. The Morgan fingerprint density at radius 1 is 1.50 bits per heavy atom. The molecular weight excluding hydrogens is 228 g/mol. The Labute approximate surface area is 107 Å². The molecule has 1 saturated carbocycles. The monoisotopic (exact) mass is 248 g/mol. The lowest BCUT2D eigenvalue weighted by Gasteiger charge is -2.21. The third-order valence-electron chi connectivity index (χ3n) is 4.05. The molecule has 4 heteroatoms. The molecule has 0 unspecified atom stereocenters. The molecule has 2 rings (SSSR count). The number of nitrogens with two attached hydrogens (primary N) is 1. The Bertz CT molecular complexity index is 465. The smallest absolute Gasteiger partial charge is 0.335 e. The van der Waals surface area contributed by atoms with Crippen molar-refractivity contribution in [3.63, 3.8) is 0 Å². The van der Waals surface area contributed by atoms with E-state index in [1.807, 2.05) is 0 Å². The van der Waals surface area contributed by atoms with E-state index in [1.165, 1.54) is 18.9 Å². The van der Waals surface area contributed by atoms with Crippen molar-refractivity contribution in [1.82, 2.24) is 0 Å². The Morgan fingerprint density at radius 3 is 2.61 bits per heavy atom. The molecule has 0 radical (unpaired) electrons. The molecule has 0 heterocycles. The standard InChI is InChI=1S/C14H20N2O2/c1-9(2)14(5-6-14)8-16-12-4-3-10(13(17)18)7-11(12)15/h3-4,7,9,16H,5-6,8,15H2,1-2H3,(H,17,18). The summed E-state index contributed by atoms with van der Waals surface area (Å²) in [5.41, 5.74) is 7.81. The van der Waals surface area contributed by atoms with Gasteiger partial charge in [0, 0.05) is 6.54 Å². The van der Waals surface area contributed by atoms with E-state index in [9.17, 15) is 4.79 Å². The Kier molecular flexibility index (Phi) is 3.20. The number of carboxylic acid groups (broad SMARTS) is 1. The summed E-state index contributed by atoms with van der Waals surface area (Å²) in [4.78, 5) is 10.8.